The molecule has 0 amide bonds. The smallest absolute Gasteiger partial charge is 0.228 e. The van der Waals surface area contributed by atoms with Crippen LogP contribution in [0.3, 0.4) is 0 Å². The molecule has 0 aromatic rings. The van der Waals surface area contributed by atoms with E-state index in [0.717, 1.165) is 24.4 Å². The van der Waals surface area contributed by atoms with Crippen LogP contribution < -0.4 is 5.32 Å². The van der Waals surface area contributed by atoms with E-state index in [2.05, 4.69) is 5.32 Å². The van der Waals surface area contributed by atoms with Crippen molar-refractivity contribution in [1.82, 2.24) is 10.2 Å². The number of carbonyl (C=O) groups is 2. The number of fused-ring (bicyclic) bond motifs is 2. The maximum absolute atomic E-state index is 12.6. The first-order chi connectivity index (χ1) is 9.63. The van der Waals surface area contributed by atoms with Gasteiger partial charge in [0, 0.05) is 30.7 Å². The molecule has 0 spiro atoms. The topological polar surface area (TPSA) is 60.5 Å². The van der Waals surface area contributed by atoms with Crippen molar-refractivity contribution in [3.8, 4) is 0 Å². The molecule has 0 saturated carbocycles. The molecule has 0 atom stereocenters. The zero-order valence-electron chi connectivity index (χ0n) is 11.3. The predicted molar refractivity (Wildman–Crippen MR) is 70.2 cm³/mol. The summed E-state index contributed by atoms with van der Waals surface area (Å²) in [4.78, 5) is 27.1. The SMILES string of the molecule is COC1=C2[N]C3=C(C(=O)C(C)=C(N4CC4)C3=O)C2=CC1. The Morgan fingerprint density at radius 1 is 1.20 bits per heavy atom. The second-order valence-electron chi connectivity index (χ2n) is 5.25. The maximum atomic E-state index is 12.6. The standard InChI is InChI=1S/C15H13N2O3/c1-7-13(17-5-6-17)15(19)12-10(14(7)18)8-3-4-9(20-2)11(8)16-12/h3H,4-6H2,1-2H3. The third-order valence-corrected chi connectivity index (χ3v) is 4.10. The van der Waals surface area contributed by atoms with Gasteiger partial charge in [0.2, 0.25) is 5.78 Å². The lowest BCUT2D eigenvalue weighted by molar-refractivity contribution is -0.117. The summed E-state index contributed by atoms with van der Waals surface area (Å²) in [6.45, 7) is 3.40. The van der Waals surface area contributed by atoms with Crippen molar-refractivity contribution in [2.24, 2.45) is 0 Å². The molecule has 0 N–H and O–H groups in total. The molecule has 5 nitrogen and oxygen atoms in total. The Kier molecular flexibility index (Phi) is 2.09. The lowest BCUT2D eigenvalue weighted by atomic mass is 9.89. The summed E-state index contributed by atoms with van der Waals surface area (Å²) >= 11 is 0. The van der Waals surface area contributed by atoms with Gasteiger partial charge in [-0.2, -0.15) is 0 Å². The minimum Gasteiger partial charge on any atom is -0.498 e. The van der Waals surface area contributed by atoms with Crippen molar-refractivity contribution in [1.29, 1.82) is 0 Å². The van der Waals surface area contributed by atoms with E-state index in [9.17, 15) is 9.59 Å². The highest BCUT2D eigenvalue weighted by molar-refractivity contribution is 6.27. The Balaban J connectivity index is 1.84. The maximum Gasteiger partial charge on any atom is 0.228 e. The fourth-order valence-electron chi connectivity index (χ4n) is 2.98. The van der Waals surface area contributed by atoms with Crippen molar-refractivity contribution >= 4 is 11.6 Å². The Bertz CT molecular complexity index is 703. The molecular weight excluding hydrogens is 256 g/mol. The van der Waals surface area contributed by atoms with E-state index < -0.39 is 0 Å². The predicted octanol–water partition coefficient (Wildman–Crippen LogP) is 0.788. The first-order valence-corrected chi connectivity index (χ1v) is 6.62. The van der Waals surface area contributed by atoms with Crippen LogP contribution in [0, 0.1) is 0 Å². The van der Waals surface area contributed by atoms with Crippen LogP contribution in [-0.2, 0) is 14.3 Å². The zero-order chi connectivity index (χ0) is 14.0. The average Bonchev–Trinajstić information content (AvgIpc) is 3.06. The number of ketones is 2. The van der Waals surface area contributed by atoms with Crippen molar-refractivity contribution in [2.75, 3.05) is 20.2 Å². The highest BCUT2D eigenvalue weighted by Gasteiger charge is 2.46. The van der Waals surface area contributed by atoms with Gasteiger partial charge in [0.05, 0.1) is 18.4 Å². The number of Topliss-reactive ketones (excluding diaryl/α,β-unsaturated/α-hetero) is 2. The minimum absolute atomic E-state index is 0.0798. The molecule has 0 aromatic carbocycles. The molecule has 1 radical (unpaired) electrons. The van der Waals surface area contributed by atoms with Crippen molar-refractivity contribution in [3.63, 3.8) is 0 Å². The Hall–Kier alpha value is -2.30. The number of ether oxygens (including phenoxy) is 1. The number of rotatable bonds is 2. The van der Waals surface area contributed by atoms with Gasteiger partial charge in [-0.15, -0.1) is 0 Å². The lowest BCUT2D eigenvalue weighted by Crippen LogP contribution is -2.27. The third kappa shape index (κ3) is 1.27. The molecule has 2 aliphatic carbocycles. The quantitative estimate of drug-likeness (QED) is 0.549. The Morgan fingerprint density at radius 3 is 2.60 bits per heavy atom. The van der Waals surface area contributed by atoms with Gasteiger partial charge in [-0.25, -0.2) is 5.32 Å². The van der Waals surface area contributed by atoms with Crippen molar-refractivity contribution in [3.05, 3.63) is 45.6 Å². The van der Waals surface area contributed by atoms with Crippen LogP contribution in [0.4, 0.5) is 0 Å². The van der Waals surface area contributed by atoms with Crippen LogP contribution in [0.15, 0.2) is 45.6 Å². The van der Waals surface area contributed by atoms with E-state index in [1.54, 1.807) is 14.0 Å². The number of methoxy groups -OCH3 is 1. The van der Waals surface area contributed by atoms with Gasteiger partial charge >= 0.3 is 0 Å². The van der Waals surface area contributed by atoms with Gasteiger partial charge in [-0.05, 0) is 6.92 Å². The molecule has 2 heterocycles. The number of allylic oxidation sites excluding steroid dienone is 3. The molecule has 5 heteroatoms. The molecule has 101 valence electrons. The summed E-state index contributed by atoms with van der Waals surface area (Å²) in [7, 11) is 1.58. The molecule has 20 heavy (non-hydrogen) atoms. The summed E-state index contributed by atoms with van der Waals surface area (Å²) in [6, 6.07) is 0. The molecule has 1 fully saturated rings. The van der Waals surface area contributed by atoms with E-state index >= 15 is 0 Å². The second-order valence-corrected chi connectivity index (χ2v) is 5.25. The van der Waals surface area contributed by atoms with E-state index in [1.807, 2.05) is 11.0 Å². The largest absolute Gasteiger partial charge is 0.498 e. The molecule has 4 rings (SSSR count). The first kappa shape index (κ1) is 11.5. The van der Waals surface area contributed by atoms with Crippen molar-refractivity contribution in [2.45, 2.75) is 13.3 Å². The fourth-order valence-corrected chi connectivity index (χ4v) is 2.98. The number of nitrogens with zero attached hydrogens (tertiary/aromatic N) is 2. The van der Waals surface area contributed by atoms with Crippen LogP contribution >= 0.6 is 0 Å². The zero-order valence-corrected chi connectivity index (χ0v) is 11.3. The Morgan fingerprint density at radius 2 is 1.95 bits per heavy atom. The highest BCUT2D eigenvalue weighted by atomic mass is 16.5. The van der Waals surface area contributed by atoms with Gasteiger partial charge in [0.1, 0.15) is 17.2 Å². The van der Waals surface area contributed by atoms with Crippen LogP contribution in [0.1, 0.15) is 13.3 Å². The van der Waals surface area contributed by atoms with Gasteiger partial charge < -0.3 is 9.64 Å². The molecule has 0 unspecified atom stereocenters. The van der Waals surface area contributed by atoms with E-state index in [0.29, 0.717) is 29.0 Å². The molecule has 4 aliphatic rings. The molecule has 2 aliphatic heterocycles. The summed E-state index contributed by atoms with van der Waals surface area (Å²) in [6.07, 6.45) is 2.55. The monoisotopic (exact) mass is 269 g/mol. The number of hydrogen-bond acceptors (Lipinski definition) is 4. The van der Waals surface area contributed by atoms with Gasteiger partial charge in [-0.1, -0.05) is 6.08 Å². The molecule has 0 aromatic heterocycles. The van der Waals surface area contributed by atoms with E-state index in [4.69, 9.17) is 4.74 Å². The van der Waals surface area contributed by atoms with Crippen LogP contribution in [0.5, 0.6) is 0 Å². The van der Waals surface area contributed by atoms with E-state index in [1.165, 1.54) is 0 Å². The highest BCUT2D eigenvalue weighted by Crippen LogP contribution is 2.43. The summed E-state index contributed by atoms with van der Waals surface area (Å²) in [5.41, 5.74) is 3.23. The summed E-state index contributed by atoms with van der Waals surface area (Å²) < 4.78 is 5.28. The fraction of sp³-hybridized carbons (Fsp3) is 0.333. The molecular formula is C15H13N2O3. The molecule has 0 bridgehead atoms. The number of carbonyl (C=O) groups excluding carboxylic acids is 2. The van der Waals surface area contributed by atoms with E-state index in [-0.39, 0.29) is 17.3 Å². The van der Waals surface area contributed by atoms with Crippen LogP contribution in [0.2, 0.25) is 0 Å². The normalized spacial score (nSPS) is 24.1. The summed E-state index contributed by atoms with van der Waals surface area (Å²) in [5.74, 6) is 0.512. The van der Waals surface area contributed by atoms with Crippen molar-refractivity contribution < 1.29 is 14.3 Å². The summed E-state index contributed by atoms with van der Waals surface area (Å²) in [5, 5.41) is 4.39. The van der Waals surface area contributed by atoms with Gasteiger partial charge in [0.15, 0.2) is 5.78 Å². The van der Waals surface area contributed by atoms with Gasteiger partial charge in [-0.3, -0.25) is 9.59 Å². The van der Waals surface area contributed by atoms with Crippen LogP contribution in [0.25, 0.3) is 0 Å². The first-order valence-electron chi connectivity index (χ1n) is 6.62. The van der Waals surface area contributed by atoms with Crippen LogP contribution in [-0.4, -0.2) is 36.7 Å². The van der Waals surface area contributed by atoms with Gasteiger partial charge in [0.25, 0.3) is 0 Å². The third-order valence-electron chi connectivity index (χ3n) is 4.10. The Labute approximate surface area is 116 Å². The minimum atomic E-state index is -0.132. The lowest BCUT2D eigenvalue weighted by Gasteiger charge is -2.18. The average molecular weight is 269 g/mol. The number of hydrogen-bond donors (Lipinski definition) is 0. The molecule has 1 saturated heterocycles. The second kappa shape index (κ2) is 3.62.